The molecule has 0 bridgehead atoms. The van der Waals surface area contributed by atoms with E-state index in [1.807, 2.05) is 0 Å². The molecule has 2 aliphatic heterocycles. The fraction of sp³-hybridized carbons (Fsp3) is 0.909. The fourth-order valence-corrected chi connectivity index (χ4v) is 3.02. The maximum absolute atomic E-state index is 10.7. The van der Waals surface area contributed by atoms with Gasteiger partial charge in [-0.05, 0) is 38.8 Å². The molecule has 2 heterocycles. The summed E-state index contributed by atoms with van der Waals surface area (Å²) in [5, 5.41) is 8.81. The van der Waals surface area contributed by atoms with Gasteiger partial charge in [-0.25, -0.2) is 4.79 Å². The molecule has 0 unspecified atom stereocenters. The molecule has 1 N–H and O–H groups in total. The highest BCUT2D eigenvalue weighted by molar-refractivity contribution is 5.66. The van der Waals surface area contributed by atoms with Crippen molar-refractivity contribution in [2.75, 3.05) is 26.2 Å². The quantitative estimate of drug-likeness (QED) is 0.707. The van der Waals surface area contributed by atoms with Crippen molar-refractivity contribution >= 4 is 6.09 Å². The molecule has 0 aromatic heterocycles. The van der Waals surface area contributed by atoms with E-state index in [4.69, 9.17) is 5.11 Å². The van der Waals surface area contributed by atoms with Crippen molar-refractivity contribution in [3.63, 3.8) is 0 Å². The highest BCUT2D eigenvalue weighted by atomic mass is 16.4. The van der Waals surface area contributed by atoms with Crippen LogP contribution in [0, 0.1) is 5.41 Å². The van der Waals surface area contributed by atoms with Gasteiger partial charge in [0.25, 0.3) is 0 Å². The van der Waals surface area contributed by atoms with E-state index in [1.54, 1.807) is 4.90 Å². The van der Waals surface area contributed by atoms with Gasteiger partial charge in [-0.3, -0.25) is 0 Å². The van der Waals surface area contributed by atoms with Gasteiger partial charge in [0.2, 0.25) is 0 Å². The molecule has 3 aliphatic rings. The first-order chi connectivity index (χ1) is 7.19. The molecule has 1 spiro atoms. The summed E-state index contributed by atoms with van der Waals surface area (Å²) >= 11 is 0. The SMILES string of the molecule is O=C(O)N1CC2(CCN(C3CC3)CC2)C1. The van der Waals surface area contributed by atoms with E-state index in [-0.39, 0.29) is 0 Å². The summed E-state index contributed by atoms with van der Waals surface area (Å²) in [5.41, 5.74) is 0.351. The van der Waals surface area contributed by atoms with Gasteiger partial charge in [0, 0.05) is 24.5 Å². The number of carboxylic acid groups (broad SMARTS) is 1. The van der Waals surface area contributed by atoms with Gasteiger partial charge >= 0.3 is 6.09 Å². The lowest BCUT2D eigenvalue weighted by atomic mass is 9.72. The third-order valence-electron chi connectivity index (χ3n) is 4.25. The summed E-state index contributed by atoms with van der Waals surface area (Å²) in [5.74, 6) is 0. The molecule has 2 saturated heterocycles. The molecular weight excluding hydrogens is 192 g/mol. The minimum atomic E-state index is -0.745. The topological polar surface area (TPSA) is 43.8 Å². The van der Waals surface area contributed by atoms with Crippen LogP contribution in [-0.2, 0) is 0 Å². The summed E-state index contributed by atoms with van der Waals surface area (Å²) in [6, 6.07) is 0.873. The van der Waals surface area contributed by atoms with Crippen molar-refractivity contribution in [2.45, 2.75) is 31.7 Å². The second-order valence-corrected chi connectivity index (χ2v) is 5.41. The summed E-state index contributed by atoms with van der Waals surface area (Å²) < 4.78 is 0. The number of hydrogen-bond acceptors (Lipinski definition) is 2. The van der Waals surface area contributed by atoms with Crippen LogP contribution in [0.15, 0.2) is 0 Å². The Bertz CT molecular complexity index is 272. The fourth-order valence-electron chi connectivity index (χ4n) is 3.02. The minimum absolute atomic E-state index is 0.351. The van der Waals surface area contributed by atoms with E-state index in [9.17, 15) is 4.79 Å². The second-order valence-electron chi connectivity index (χ2n) is 5.41. The Kier molecular flexibility index (Phi) is 1.96. The zero-order chi connectivity index (χ0) is 10.5. The van der Waals surface area contributed by atoms with Crippen molar-refractivity contribution in [3.8, 4) is 0 Å². The van der Waals surface area contributed by atoms with Crippen molar-refractivity contribution < 1.29 is 9.90 Å². The average molecular weight is 210 g/mol. The van der Waals surface area contributed by atoms with E-state index < -0.39 is 6.09 Å². The van der Waals surface area contributed by atoms with Crippen LogP contribution in [0.4, 0.5) is 4.79 Å². The molecule has 1 aliphatic carbocycles. The lowest BCUT2D eigenvalue weighted by Crippen LogP contribution is -2.61. The number of carbonyl (C=O) groups is 1. The standard InChI is InChI=1S/C11H18N2O2/c14-10(15)13-7-11(8-13)3-5-12(6-4-11)9-1-2-9/h9H,1-8H2,(H,14,15). The monoisotopic (exact) mass is 210 g/mol. The zero-order valence-electron chi connectivity index (χ0n) is 8.98. The van der Waals surface area contributed by atoms with Crippen molar-refractivity contribution in [3.05, 3.63) is 0 Å². The molecule has 15 heavy (non-hydrogen) atoms. The Labute approximate surface area is 89.8 Å². The third-order valence-corrected chi connectivity index (χ3v) is 4.25. The normalized spacial score (nSPS) is 30.3. The Morgan fingerprint density at radius 2 is 1.80 bits per heavy atom. The number of likely N-dealkylation sites (tertiary alicyclic amines) is 2. The van der Waals surface area contributed by atoms with E-state index in [1.165, 1.54) is 38.8 Å². The first-order valence-electron chi connectivity index (χ1n) is 5.91. The highest BCUT2D eigenvalue weighted by Gasteiger charge is 2.48. The average Bonchev–Trinajstić information content (AvgIpc) is 2.97. The molecule has 84 valence electrons. The Morgan fingerprint density at radius 3 is 2.27 bits per heavy atom. The molecular formula is C11H18N2O2. The first kappa shape index (κ1) is 9.46. The Balaban J connectivity index is 1.52. The van der Waals surface area contributed by atoms with E-state index in [0.717, 1.165) is 19.1 Å². The number of hydrogen-bond donors (Lipinski definition) is 1. The molecule has 3 rings (SSSR count). The van der Waals surface area contributed by atoms with E-state index in [2.05, 4.69) is 4.90 Å². The molecule has 1 amide bonds. The number of rotatable bonds is 1. The van der Waals surface area contributed by atoms with Crippen LogP contribution < -0.4 is 0 Å². The molecule has 0 aromatic rings. The van der Waals surface area contributed by atoms with Gasteiger partial charge in [0.1, 0.15) is 0 Å². The van der Waals surface area contributed by atoms with Gasteiger partial charge in [0.15, 0.2) is 0 Å². The minimum Gasteiger partial charge on any atom is -0.465 e. The zero-order valence-corrected chi connectivity index (χ0v) is 8.98. The lowest BCUT2D eigenvalue weighted by Gasteiger charge is -2.53. The van der Waals surface area contributed by atoms with Crippen LogP contribution in [0.3, 0.4) is 0 Å². The van der Waals surface area contributed by atoms with Crippen molar-refractivity contribution in [1.82, 2.24) is 9.80 Å². The summed E-state index contributed by atoms with van der Waals surface area (Å²) in [6.07, 6.45) is 4.42. The summed E-state index contributed by atoms with van der Waals surface area (Å²) in [7, 11) is 0. The smallest absolute Gasteiger partial charge is 0.407 e. The van der Waals surface area contributed by atoms with Crippen molar-refractivity contribution in [2.24, 2.45) is 5.41 Å². The van der Waals surface area contributed by atoms with Crippen LogP contribution in [-0.4, -0.2) is 53.2 Å². The number of nitrogens with zero attached hydrogens (tertiary/aromatic N) is 2. The Morgan fingerprint density at radius 1 is 1.20 bits per heavy atom. The summed E-state index contributed by atoms with van der Waals surface area (Å²) in [4.78, 5) is 14.8. The van der Waals surface area contributed by atoms with Gasteiger partial charge < -0.3 is 14.9 Å². The maximum Gasteiger partial charge on any atom is 0.407 e. The van der Waals surface area contributed by atoms with Crippen LogP contribution >= 0.6 is 0 Å². The molecule has 0 atom stereocenters. The number of amides is 1. The molecule has 4 nitrogen and oxygen atoms in total. The summed E-state index contributed by atoms with van der Waals surface area (Å²) in [6.45, 7) is 3.94. The second kappa shape index (κ2) is 3.11. The lowest BCUT2D eigenvalue weighted by molar-refractivity contribution is -0.0352. The van der Waals surface area contributed by atoms with Crippen LogP contribution in [0.1, 0.15) is 25.7 Å². The molecule has 0 aromatic carbocycles. The maximum atomic E-state index is 10.7. The Hall–Kier alpha value is -0.770. The number of piperidine rings is 1. The molecule has 4 heteroatoms. The predicted molar refractivity (Wildman–Crippen MR) is 55.9 cm³/mol. The van der Waals surface area contributed by atoms with Crippen molar-refractivity contribution in [1.29, 1.82) is 0 Å². The highest BCUT2D eigenvalue weighted by Crippen LogP contribution is 2.42. The molecule has 0 radical (unpaired) electrons. The van der Waals surface area contributed by atoms with Crippen LogP contribution in [0.2, 0.25) is 0 Å². The van der Waals surface area contributed by atoms with Gasteiger partial charge in [-0.15, -0.1) is 0 Å². The largest absolute Gasteiger partial charge is 0.465 e. The first-order valence-corrected chi connectivity index (χ1v) is 5.91. The van der Waals surface area contributed by atoms with E-state index >= 15 is 0 Å². The van der Waals surface area contributed by atoms with Gasteiger partial charge in [-0.2, -0.15) is 0 Å². The van der Waals surface area contributed by atoms with Gasteiger partial charge in [0.05, 0.1) is 0 Å². The van der Waals surface area contributed by atoms with E-state index in [0.29, 0.717) is 5.41 Å². The van der Waals surface area contributed by atoms with Crippen LogP contribution in [0.5, 0.6) is 0 Å². The predicted octanol–water partition coefficient (Wildman–Crippen LogP) is 1.22. The molecule has 3 fully saturated rings. The van der Waals surface area contributed by atoms with Gasteiger partial charge in [-0.1, -0.05) is 0 Å². The molecule has 1 saturated carbocycles. The van der Waals surface area contributed by atoms with Crippen LogP contribution in [0.25, 0.3) is 0 Å². The third kappa shape index (κ3) is 1.61.